The van der Waals surface area contributed by atoms with Crippen molar-refractivity contribution >= 4 is 29.5 Å². The van der Waals surface area contributed by atoms with Gasteiger partial charge in [-0.25, -0.2) is 0 Å². The molecule has 0 N–H and O–H groups in total. The summed E-state index contributed by atoms with van der Waals surface area (Å²) in [5.74, 6) is 0.170. The largest absolute Gasteiger partial charge is 0.349 e. The van der Waals surface area contributed by atoms with Gasteiger partial charge in [-0.1, -0.05) is 91.0 Å². The molecule has 0 aliphatic heterocycles. The molecule has 0 heterocycles. The number of benzene rings is 3. The molecule has 0 bridgehead atoms. The predicted molar refractivity (Wildman–Crippen MR) is 107 cm³/mol. The van der Waals surface area contributed by atoms with E-state index in [0.717, 1.165) is 0 Å². The third-order valence-electron chi connectivity index (χ3n) is 4.71. The molecule has 3 aromatic carbocycles. The predicted octanol–water partition coefficient (Wildman–Crippen LogP) is 2.24. The summed E-state index contributed by atoms with van der Waals surface area (Å²) in [6.07, 6.45) is 0. The third kappa shape index (κ3) is 3.42. The van der Waals surface area contributed by atoms with Crippen LogP contribution in [0.3, 0.4) is 0 Å². The van der Waals surface area contributed by atoms with Crippen molar-refractivity contribution in [2.24, 2.45) is 0 Å². The van der Waals surface area contributed by atoms with E-state index < -0.39 is 8.07 Å². The lowest BCUT2D eigenvalue weighted by Gasteiger charge is -2.34. The van der Waals surface area contributed by atoms with Gasteiger partial charge in [-0.15, -0.1) is 0 Å². The van der Waals surface area contributed by atoms with Crippen LogP contribution >= 0.6 is 0 Å². The minimum atomic E-state index is -2.44. The third-order valence-corrected chi connectivity index (χ3v) is 9.50. The first kappa shape index (κ1) is 17.2. The van der Waals surface area contributed by atoms with Crippen molar-refractivity contribution in [3.63, 3.8) is 0 Å². The Balaban J connectivity index is 2.29. The van der Waals surface area contributed by atoms with E-state index in [4.69, 9.17) is 0 Å². The molecule has 0 aromatic heterocycles. The molecule has 0 unspecified atom stereocenters. The number of carbonyl (C=O) groups is 1. The Kier molecular flexibility index (Phi) is 5.15. The molecule has 126 valence electrons. The maximum Gasteiger partial charge on any atom is 0.220 e. The Bertz CT molecular complexity index is 720. The molecule has 0 saturated carbocycles. The molecule has 0 aliphatic rings. The van der Waals surface area contributed by atoms with Crippen LogP contribution in [0.25, 0.3) is 0 Å². The fourth-order valence-corrected chi connectivity index (χ4v) is 8.03. The average molecular weight is 346 g/mol. The van der Waals surface area contributed by atoms with Crippen LogP contribution in [0.2, 0.25) is 6.04 Å². The number of rotatable bonds is 5. The van der Waals surface area contributed by atoms with Crippen LogP contribution in [-0.4, -0.2) is 33.0 Å². The molecular formula is C22H23NOSi. The second kappa shape index (κ2) is 7.49. The monoisotopic (exact) mass is 345 g/mol. The molecule has 25 heavy (non-hydrogen) atoms. The van der Waals surface area contributed by atoms with Gasteiger partial charge in [0.2, 0.25) is 5.91 Å². The van der Waals surface area contributed by atoms with Gasteiger partial charge in [-0.3, -0.25) is 4.79 Å². The molecule has 0 atom stereocenters. The highest BCUT2D eigenvalue weighted by molar-refractivity contribution is 7.12. The zero-order chi connectivity index (χ0) is 17.7. The van der Waals surface area contributed by atoms with E-state index in [9.17, 15) is 4.79 Å². The van der Waals surface area contributed by atoms with Crippen molar-refractivity contribution in [3.8, 4) is 0 Å². The van der Waals surface area contributed by atoms with E-state index in [2.05, 4.69) is 72.8 Å². The lowest BCUT2D eigenvalue weighted by Crippen LogP contribution is -2.68. The molecular weight excluding hydrogens is 322 g/mol. The SMILES string of the molecule is CN(C)C(=O)C[Si](c1ccccc1)(c1ccccc1)c1ccccc1. The smallest absolute Gasteiger partial charge is 0.220 e. The molecule has 3 heteroatoms. The number of hydrogen-bond donors (Lipinski definition) is 0. The molecule has 0 fully saturated rings. The molecule has 0 saturated heterocycles. The van der Waals surface area contributed by atoms with Crippen LogP contribution in [0, 0.1) is 0 Å². The van der Waals surface area contributed by atoms with E-state index in [0.29, 0.717) is 6.04 Å². The topological polar surface area (TPSA) is 20.3 Å². The van der Waals surface area contributed by atoms with Gasteiger partial charge in [0.15, 0.2) is 8.07 Å². The standard InChI is InChI=1S/C22H23NOSi/c1-23(2)22(24)18-25(19-12-6-3-7-13-19,20-14-8-4-9-15-20)21-16-10-5-11-17-21/h3-17H,18H2,1-2H3. The van der Waals surface area contributed by atoms with Crippen molar-refractivity contribution in [2.75, 3.05) is 14.1 Å². The highest BCUT2D eigenvalue weighted by atomic mass is 28.3. The van der Waals surface area contributed by atoms with E-state index in [1.54, 1.807) is 4.90 Å². The van der Waals surface area contributed by atoms with Gasteiger partial charge >= 0.3 is 0 Å². The van der Waals surface area contributed by atoms with Gasteiger partial charge < -0.3 is 4.90 Å². The van der Waals surface area contributed by atoms with Crippen LogP contribution in [-0.2, 0) is 4.79 Å². The first-order chi connectivity index (χ1) is 12.1. The zero-order valence-electron chi connectivity index (χ0n) is 14.7. The maximum absolute atomic E-state index is 12.8. The average Bonchev–Trinajstić information content (AvgIpc) is 2.68. The fraction of sp³-hybridized carbons (Fsp3) is 0.136. The van der Waals surface area contributed by atoms with Crippen LogP contribution in [0.1, 0.15) is 0 Å². The van der Waals surface area contributed by atoms with Crippen molar-refractivity contribution in [2.45, 2.75) is 6.04 Å². The quantitative estimate of drug-likeness (QED) is 0.513. The fourth-order valence-electron chi connectivity index (χ4n) is 3.36. The second-order valence-electron chi connectivity index (χ2n) is 6.47. The summed E-state index contributed by atoms with van der Waals surface area (Å²) in [5.41, 5.74) is 0. The van der Waals surface area contributed by atoms with Gasteiger partial charge in [0.25, 0.3) is 0 Å². The van der Waals surface area contributed by atoms with E-state index >= 15 is 0 Å². The second-order valence-corrected chi connectivity index (χ2v) is 10.4. The Morgan fingerprint density at radius 1 is 0.680 bits per heavy atom. The summed E-state index contributed by atoms with van der Waals surface area (Å²) >= 11 is 0. The molecule has 3 aromatic rings. The molecule has 3 rings (SSSR count). The van der Waals surface area contributed by atoms with Crippen LogP contribution in [0.4, 0.5) is 0 Å². The van der Waals surface area contributed by atoms with Gasteiger partial charge in [-0.2, -0.15) is 0 Å². The zero-order valence-corrected chi connectivity index (χ0v) is 15.7. The Morgan fingerprint density at radius 3 is 1.28 bits per heavy atom. The van der Waals surface area contributed by atoms with Gasteiger partial charge in [0, 0.05) is 20.1 Å². The number of carbonyl (C=O) groups excluding carboxylic acids is 1. The minimum Gasteiger partial charge on any atom is -0.349 e. The first-order valence-electron chi connectivity index (χ1n) is 8.51. The molecule has 0 aliphatic carbocycles. The molecule has 2 nitrogen and oxygen atoms in total. The summed E-state index contributed by atoms with van der Waals surface area (Å²) in [7, 11) is 1.23. The van der Waals surface area contributed by atoms with Crippen molar-refractivity contribution in [1.82, 2.24) is 4.90 Å². The summed E-state index contributed by atoms with van der Waals surface area (Å²) in [6.45, 7) is 0. The Morgan fingerprint density at radius 2 is 1.00 bits per heavy atom. The number of nitrogens with zero attached hydrogens (tertiary/aromatic N) is 1. The maximum atomic E-state index is 12.8. The van der Waals surface area contributed by atoms with E-state index in [1.165, 1.54) is 15.6 Å². The van der Waals surface area contributed by atoms with Gasteiger partial charge in [0.1, 0.15) is 0 Å². The van der Waals surface area contributed by atoms with E-state index in [-0.39, 0.29) is 5.91 Å². The van der Waals surface area contributed by atoms with Crippen molar-refractivity contribution in [1.29, 1.82) is 0 Å². The highest BCUT2D eigenvalue weighted by Crippen LogP contribution is 2.14. The van der Waals surface area contributed by atoms with Gasteiger partial charge in [0.05, 0.1) is 0 Å². The van der Waals surface area contributed by atoms with E-state index in [1.807, 2.05) is 32.3 Å². The summed E-state index contributed by atoms with van der Waals surface area (Å²) in [5, 5.41) is 3.80. The normalized spacial score (nSPS) is 11.1. The van der Waals surface area contributed by atoms with Crippen molar-refractivity contribution in [3.05, 3.63) is 91.0 Å². The number of amides is 1. The van der Waals surface area contributed by atoms with Crippen LogP contribution in [0.5, 0.6) is 0 Å². The van der Waals surface area contributed by atoms with Crippen LogP contribution < -0.4 is 15.6 Å². The summed E-state index contributed by atoms with van der Waals surface area (Å²) < 4.78 is 0. The Hall–Kier alpha value is -2.65. The number of hydrogen-bond acceptors (Lipinski definition) is 1. The molecule has 0 spiro atoms. The Labute approximate surface area is 150 Å². The molecule has 1 amide bonds. The summed E-state index contributed by atoms with van der Waals surface area (Å²) in [4.78, 5) is 14.5. The highest BCUT2D eigenvalue weighted by Gasteiger charge is 2.41. The molecule has 0 radical (unpaired) electrons. The lowest BCUT2D eigenvalue weighted by atomic mass is 10.3. The summed E-state index contributed by atoms with van der Waals surface area (Å²) in [6, 6.07) is 32.1. The lowest BCUT2D eigenvalue weighted by molar-refractivity contribution is -0.126. The first-order valence-corrected chi connectivity index (χ1v) is 10.7. The van der Waals surface area contributed by atoms with Crippen molar-refractivity contribution < 1.29 is 4.79 Å². The van der Waals surface area contributed by atoms with Crippen LogP contribution in [0.15, 0.2) is 91.0 Å². The van der Waals surface area contributed by atoms with Gasteiger partial charge in [-0.05, 0) is 15.6 Å². The minimum absolute atomic E-state index is 0.170.